The summed E-state index contributed by atoms with van der Waals surface area (Å²) in [5.74, 6) is 0.888. The quantitative estimate of drug-likeness (QED) is 0.150. The van der Waals surface area contributed by atoms with Crippen molar-refractivity contribution in [3.05, 3.63) is 249 Å². The van der Waals surface area contributed by atoms with Gasteiger partial charge in [0.15, 0.2) is 0 Å². The van der Waals surface area contributed by atoms with Crippen LogP contribution in [-0.2, 0) is 0 Å². The minimum absolute atomic E-state index is 0.888. The van der Waals surface area contributed by atoms with Crippen molar-refractivity contribution in [2.24, 2.45) is 0 Å². The highest BCUT2D eigenvalue weighted by Crippen LogP contribution is 2.42. The van der Waals surface area contributed by atoms with E-state index in [2.05, 4.69) is 253 Å². The molecule has 0 aliphatic rings. The van der Waals surface area contributed by atoms with Crippen molar-refractivity contribution in [1.29, 1.82) is 0 Å². The van der Waals surface area contributed by atoms with Crippen molar-refractivity contribution in [2.75, 3.05) is 0 Å². The Kier molecular flexibility index (Phi) is 9.17. The fourth-order valence-electron chi connectivity index (χ4n) is 10.2. The Morgan fingerprint density at radius 3 is 1.39 bits per heavy atom. The minimum atomic E-state index is 0.888. The fraction of sp³-hybridized carbons (Fsp3) is 0. The molecule has 13 aromatic rings. The Bertz CT molecular complexity index is 3870. The number of nitrogens with zero attached hydrogens (tertiary/aromatic N) is 3. The number of imidazole rings is 1. The zero-order valence-electron chi connectivity index (χ0n) is 36.5. The van der Waals surface area contributed by atoms with Crippen molar-refractivity contribution >= 4 is 54.1 Å². The number of rotatable bonds is 7. The second-order valence-corrected chi connectivity index (χ2v) is 17.3. The summed E-state index contributed by atoms with van der Waals surface area (Å²) in [6.07, 6.45) is 0. The highest BCUT2D eigenvalue weighted by Gasteiger charge is 2.21. The van der Waals surface area contributed by atoms with E-state index in [4.69, 9.17) is 9.97 Å². The third-order valence-corrected chi connectivity index (χ3v) is 13.4. The minimum Gasteiger partial charge on any atom is -0.292 e. The average Bonchev–Trinajstić information content (AvgIpc) is 3.80. The smallest absolute Gasteiger partial charge is 0.145 e. The van der Waals surface area contributed by atoms with E-state index in [1.165, 1.54) is 48.7 Å². The van der Waals surface area contributed by atoms with Crippen molar-refractivity contribution in [2.45, 2.75) is 0 Å². The van der Waals surface area contributed by atoms with Crippen LogP contribution in [0.3, 0.4) is 0 Å². The van der Waals surface area contributed by atoms with Crippen LogP contribution in [0, 0.1) is 0 Å². The molecule has 0 aliphatic carbocycles. The van der Waals surface area contributed by atoms with E-state index in [9.17, 15) is 0 Å². The van der Waals surface area contributed by atoms with Crippen LogP contribution in [0.25, 0.3) is 127 Å². The molecule has 0 radical (unpaired) electrons. The van der Waals surface area contributed by atoms with Gasteiger partial charge in [-0.1, -0.05) is 200 Å². The summed E-state index contributed by atoms with van der Waals surface area (Å²) in [7, 11) is 0. The van der Waals surface area contributed by atoms with Gasteiger partial charge in [-0.3, -0.25) is 4.57 Å². The van der Waals surface area contributed by atoms with Crippen molar-refractivity contribution in [1.82, 2.24) is 14.5 Å². The lowest BCUT2D eigenvalue weighted by molar-refractivity contribution is 1.10. The number of benzene rings is 11. The Morgan fingerprint density at radius 1 is 0.269 bits per heavy atom. The predicted molar refractivity (Wildman–Crippen MR) is 282 cm³/mol. The Morgan fingerprint density at radius 2 is 0.761 bits per heavy atom. The molecule has 67 heavy (non-hydrogen) atoms. The van der Waals surface area contributed by atoms with Crippen LogP contribution in [0.15, 0.2) is 249 Å². The SMILES string of the molecule is c1ccc(-c2cc(-c3ccccc3)c3nc(-c4ccccc4)n(-c4ccc(-c5cc(-c6cc7ccccc7c7ccccc67)cc(-c6cc7ccccc7c7ccccc67)n5)cc4)c3c2)cc1. The first-order valence-corrected chi connectivity index (χ1v) is 22.9. The van der Waals surface area contributed by atoms with Crippen LogP contribution in [0.4, 0.5) is 0 Å². The topological polar surface area (TPSA) is 30.7 Å². The first kappa shape index (κ1) is 38.5. The van der Waals surface area contributed by atoms with Gasteiger partial charge in [-0.25, -0.2) is 9.97 Å². The predicted octanol–water partition coefficient (Wildman–Crippen LogP) is 17.0. The monoisotopic (exact) mass is 851 g/mol. The lowest BCUT2D eigenvalue weighted by atomic mass is 9.91. The van der Waals surface area contributed by atoms with Gasteiger partial charge in [-0.05, 0) is 119 Å². The first-order valence-electron chi connectivity index (χ1n) is 22.9. The standard InChI is InChI=1S/C64H41N3/c1-4-18-42(19-5-1)48-38-58(43-20-6-2-7-21-43)63-62(41-48)67(64(66-63)45-22-8-3-9-23-45)50-34-32-44(33-35-50)60-39-49(57-36-46-24-10-12-26-51(46)53-28-14-16-30-55(53)57)40-61(65-60)59-37-47-25-11-13-27-52(47)54-29-15-17-31-56(54)59/h1-41H. The molecule has 0 N–H and O–H groups in total. The number of hydrogen-bond acceptors (Lipinski definition) is 2. The maximum Gasteiger partial charge on any atom is 0.145 e. The largest absolute Gasteiger partial charge is 0.292 e. The van der Waals surface area contributed by atoms with E-state index in [1.54, 1.807) is 0 Å². The molecule has 3 heteroatoms. The summed E-state index contributed by atoms with van der Waals surface area (Å²) in [6.45, 7) is 0. The van der Waals surface area contributed by atoms with Gasteiger partial charge in [0.25, 0.3) is 0 Å². The van der Waals surface area contributed by atoms with Crippen LogP contribution >= 0.6 is 0 Å². The summed E-state index contributed by atoms with van der Waals surface area (Å²) in [5.41, 5.74) is 14.9. The number of pyridine rings is 1. The number of fused-ring (bicyclic) bond motifs is 7. The van der Waals surface area contributed by atoms with Crippen molar-refractivity contribution in [3.8, 4) is 73.0 Å². The summed E-state index contributed by atoms with van der Waals surface area (Å²) in [6, 6.07) is 89.4. The summed E-state index contributed by atoms with van der Waals surface area (Å²) < 4.78 is 2.32. The van der Waals surface area contributed by atoms with E-state index >= 15 is 0 Å². The van der Waals surface area contributed by atoms with Gasteiger partial charge in [0.1, 0.15) is 5.82 Å². The Hall–Kier alpha value is -8.92. The van der Waals surface area contributed by atoms with Gasteiger partial charge in [-0.2, -0.15) is 0 Å². The third-order valence-electron chi connectivity index (χ3n) is 13.4. The maximum absolute atomic E-state index is 5.58. The van der Waals surface area contributed by atoms with E-state index in [0.29, 0.717) is 0 Å². The molecule has 13 rings (SSSR count). The number of aromatic nitrogens is 3. The van der Waals surface area contributed by atoms with Gasteiger partial charge in [0.05, 0.1) is 22.4 Å². The normalized spacial score (nSPS) is 11.6. The average molecular weight is 852 g/mol. The summed E-state index contributed by atoms with van der Waals surface area (Å²) in [4.78, 5) is 11.1. The highest BCUT2D eigenvalue weighted by atomic mass is 15.1. The Balaban J connectivity index is 1.04. The van der Waals surface area contributed by atoms with Crippen LogP contribution in [-0.4, -0.2) is 14.5 Å². The number of hydrogen-bond donors (Lipinski definition) is 0. The second kappa shape index (κ2) is 16.0. The molecule has 312 valence electrons. The van der Waals surface area contributed by atoms with Gasteiger partial charge in [-0.15, -0.1) is 0 Å². The fourth-order valence-corrected chi connectivity index (χ4v) is 10.2. The molecule has 0 bridgehead atoms. The third kappa shape index (κ3) is 6.67. The Labute approximate surface area is 388 Å². The maximum atomic E-state index is 5.58. The summed E-state index contributed by atoms with van der Waals surface area (Å²) in [5, 5.41) is 9.75. The highest BCUT2D eigenvalue weighted by molar-refractivity contribution is 6.16. The molecular formula is C64H41N3. The van der Waals surface area contributed by atoms with E-state index in [0.717, 1.165) is 78.4 Å². The lowest BCUT2D eigenvalue weighted by Gasteiger charge is -2.16. The van der Waals surface area contributed by atoms with E-state index in [1.807, 2.05) is 0 Å². The molecular weight excluding hydrogens is 811 g/mol. The molecule has 0 saturated carbocycles. The van der Waals surface area contributed by atoms with Crippen LogP contribution in [0.5, 0.6) is 0 Å². The van der Waals surface area contributed by atoms with Crippen LogP contribution in [0.1, 0.15) is 0 Å². The van der Waals surface area contributed by atoms with Gasteiger partial charge in [0, 0.05) is 27.9 Å². The zero-order valence-corrected chi connectivity index (χ0v) is 36.5. The molecule has 3 nitrogen and oxygen atoms in total. The molecule has 0 spiro atoms. The molecule has 0 atom stereocenters. The van der Waals surface area contributed by atoms with Crippen molar-refractivity contribution in [3.63, 3.8) is 0 Å². The molecule has 11 aromatic carbocycles. The van der Waals surface area contributed by atoms with Crippen molar-refractivity contribution < 1.29 is 0 Å². The van der Waals surface area contributed by atoms with Crippen LogP contribution in [0.2, 0.25) is 0 Å². The summed E-state index contributed by atoms with van der Waals surface area (Å²) >= 11 is 0. The molecule has 0 saturated heterocycles. The lowest BCUT2D eigenvalue weighted by Crippen LogP contribution is -1.98. The zero-order chi connectivity index (χ0) is 44.3. The van der Waals surface area contributed by atoms with Gasteiger partial charge < -0.3 is 0 Å². The molecule has 2 aromatic heterocycles. The van der Waals surface area contributed by atoms with E-state index in [-0.39, 0.29) is 0 Å². The molecule has 0 fully saturated rings. The van der Waals surface area contributed by atoms with Gasteiger partial charge in [0.2, 0.25) is 0 Å². The van der Waals surface area contributed by atoms with E-state index < -0.39 is 0 Å². The molecule has 0 amide bonds. The molecule has 0 unspecified atom stereocenters. The van der Waals surface area contributed by atoms with Gasteiger partial charge >= 0.3 is 0 Å². The molecule has 0 aliphatic heterocycles. The first-order chi connectivity index (χ1) is 33.2. The second-order valence-electron chi connectivity index (χ2n) is 17.3. The molecule has 2 heterocycles. The van der Waals surface area contributed by atoms with Crippen LogP contribution < -0.4 is 0 Å².